The molecule has 1 heterocycles. The molecule has 0 N–H and O–H groups in total. The lowest BCUT2D eigenvalue weighted by Crippen LogP contribution is -1.81. The number of nitrogens with zero attached hydrogens (tertiary/aromatic N) is 1. The van der Waals surface area contributed by atoms with Crippen LogP contribution in [0.1, 0.15) is 5.56 Å². The maximum Gasteiger partial charge on any atom is 0.0769 e. The summed E-state index contributed by atoms with van der Waals surface area (Å²) in [7, 11) is 0. The Kier molecular flexibility index (Phi) is 4.69. The Balaban J connectivity index is 1.54. The summed E-state index contributed by atoms with van der Waals surface area (Å²) < 4.78 is 2.61. The zero-order valence-corrected chi connectivity index (χ0v) is 16.7. The van der Waals surface area contributed by atoms with Crippen molar-refractivity contribution in [1.82, 2.24) is 0 Å². The van der Waals surface area contributed by atoms with Gasteiger partial charge < -0.3 is 0 Å². The quantitative estimate of drug-likeness (QED) is 0.281. The van der Waals surface area contributed by atoms with Crippen LogP contribution < -0.4 is 0 Å². The Hall–Kier alpha value is -2.88. The van der Waals surface area contributed by atoms with Crippen LogP contribution in [0.25, 0.3) is 20.2 Å². The average Bonchev–Trinajstić information content (AvgIpc) is 3.13. The Morgan fingerprint density at radius 1 is 0.679 bits per heavy atom. The van der Waals surface area contributed by atoms with Gasteiger partial charge in [-0.2, -0.15) is 0 Å². The molecule has 1 nitrogen and oxygen atoms in total. The molecule has 0 aliphatic heterocycles. The number of para-hydroxylation sites is 1. The molecular formula is C25H17NS2. The fourth-order valence-corrected chi connectivity index (χ4v) is 5.38. The predicted octanol–water partition coefficient (Wildman–Crippen LogP) is 7.96. The number of fused-ring (bicyclic) bond motifs is 3. The fraction of sp³-hybridized carbons (Fsp3) is 0. The SMILES string of the molecule is C(=Nc1ccccc1Sc1ccccc1)c1cccc2c1sc1ccccc12. The van der Waals surface area contributed by atoms with E-state index in [0.717, 1.165) is 10.6 Å². The maximum atomic E-state index is 4.85. The molecule has 0 fully saturated rings. The molecule has 0 amide bonds. The van der Waals surface area contributed by atoms with E-state index in [1.165, 1.54) is 30.6 Å². The van der Waals surface area contributed by atoms with Gasteiger partial charge >= 0.3 is 0 Å². The Labute approximate surface area is 172 Å². The van der Waals surface area contributed by atoms with Crippen LogP contribution in [0.5, 0.6) is 0 Å². The van der Waals surface area contributed by atoms with Gasteiger partial charge in [-0.1, -0.05) is 78.5 Å². The monoisotopic (exact) mass is 395 g/mol. The smallest absolute Gasteiger partial charge is 0.0769 e. The summed E-state index contributed by atoms with van der Waals surface area (Å²) in [5.41, 5.74) is 2.16. The van der Waals surface area contributed by atoms with Crippen molar-refractivity contribution in [1.29, 1.82) is 0 Å². The molecule has 0 aliphatic rings. The van der Waals surface area contributed by atoms with Crippen molar-refractivity contribution in [3.63, 3.8) is 0 Å². The third kappa shape index (κ3) is 3.35. The van der Waals surface area contributed by atoms with Crippen LogP contribution in [-0.2, 0) is 0 Å². The van der Waals surface area contributed by atoms with E-state index in [2.05, 4.69) is 84.9 Å². The number of benzene rings is 4. The summed E-state index contributed by atoms with van der Waals surface area (Å²) in [6, 6.07) is 33.8. The van der Waals surface area contributed by atoms with Crippen molar-refractivity contribution in [2.75, 3.05) is 0 Å². The van der Waals surface area contributed by atoms with Crippen LogP contribution in [0.4, 0.5) is 5.69 Å². The van der Waals surface area contributed by atoms with Gasteiger partial charge in [0.15, 0.2) is 0 Å². The molecule has 0 radical (unpaired) electrons. The van der Waals surface area contributed by atoms with Gasteiger partial charge in [-0.3, -0.25) is 4.99 Å². The molecule has 134 valence electrons. The third-order valence-corrected chi connectivity index (χ3v) is 6.92. The van der Waals surface area contributed by atoms with Crippen molar-refractivity contribution < 1.29 is 0 Å². The van der Waals surface area contributed by atoms with Gasteiger partial charge in [0.25, 0.3) is 0 Å². The standard InChI is InChI=1S/C25H17NS2/c1-2-10-19(11-3-1)27-24-16-7-5-14-22(24)26-17-18-9-8-13-21-20-12-4-6-15-23(20)28-25(18)21/h1-17H. The van der Waals surface area contributed by atoms with E-state index in [-0.39, 0.29) is 0 Å². The van der Waals surface area contributed by atoms with Gasteiger partial charge in [-0.15, -0.1) is 11.3 Å². The van der Waals surface area contributed by atoms with Gasteiger partial charge in [-0.25, -0.2) is 0 Å². The second-order valence-corrected chi connectivity index (χ2v) is 8.63. The Morgan fingerprint density at radius 3 is 2.36 bits per heavy atom. The molecule has 0 bridgehead atoms. The van der Waals surface area contributed by atoms with E-state index in [4.69, 9.17) is 4.99 Å². The van der Waals surface area contributed by atoms with Crippen LogP contribution in [0, 0.1) is 0 Å². The number of hydrogen-bond donors (Lipinski definition) is 0. The summed E-state index contributed by atoms with van der Waals surface area (Å²) in [6.07, 6.45) is 2.00. The van der Waals surface area contributed by atoms with Crippen molar-refractivity contribution in [3.8, 4) is 0 Å². The molecule has 28 heavy (non-hydrogen) atoms. The maximum absolute atomic E-state index is 4.85. The van der Waals surface area contributed by atoms with Gasteiger partial charge in [0.2, 0.25) is 0 Å². The molecule has 0 saturated carbocycles. The molecule has 1 aromatic heterocycles. The highest BCUT2D eigenvalue weighted by Gasteiger charge is 2.07. The second kappa shape index (κ2) is 7.63. The minimum Gasteiger partial charge on any atom is -0.255 e. The van der Waals surface area contributed by atoms with Crippen molar-refractivity contribution in [2.24, 2.45) is 4.99 Å². The molecule has 0 spiro atoms. The summed E-state index contributed by atoms with van der Waals surface area (Å²) in [5.74, 6) is 0. The van der Waals surface area contributed by atoms with E-state index in [0.29, 0.717) is 0 Å². The molecule has 4 aromatic carbocycles. The van der Waals surface area contributed by atoms with E-state index < -0.39 is 0 Å². The van der Waals surface area contributed by atoms with Crippen molar-refractivity contribution in [2.45, 2.75) is 9.79 Å². The number of thiophene rings is 1. The lowest BCUT2D eigenvalue weighted by molar-refractivity contribution is 1.36. The third-order valence-electron chi connectivity index (χ3n) is 4.61. The Bertz CT molecular complexity index is 1290. The molecule has 0 atom stereocenters. The molecule has 0 unspecified atom stereocenters. The van der Waals surface area contributed by atoms with Crippen LogP contribution in [0.15, 0.2) is 112 Å². The number of rotatable bonds is 4. The number of hydrogen-bond acceptors (Lipinski definition) is 3. The topological polar surface area (TPSA) is 12.4 Å². The lowest BCUT2D eigenvalue weighted by Gasteiger charge is -2.05. The minimum absolute atomic E-state index is 0.995. The molecule has 3 heteroatoms. The highest BCUT2D eigenvalue weighted by atomic mass is 32.2. The summed E-state index contributed by atoms with van der Waals surface area (Å²) in [5, 5.41) is 2.62. The van der Waals surface area contributed by atoms with Gasteiger partial charge in [0.1, 0.15) is 0 Å². The highest BCUT2D eigenvalue weighted by Crippen LogP contribution is 2.37. The van der Waals surface area contributed by atoms with Crippen molar-refractivity contribution >= 4 is 55.2 Å². The first kappa shape index (κ1) is 17.2. The largest absolute Gasteiger partial charge is 0.255 e. The first-order valence-corrected chi connectivity index (χ1v) is 10.8. The first-order chi connectivity index (χ1) is 13.9. The van der Waals surface area contributed by atoms with Crippen LogP contribution in [0.2, 0.25) is 0 Å². The predicted molar refractivity (Wildman–Crippen MR) is 124 cm³/mol. The van der Waals surface area contributed by atoms with Crippen LogP contribution in [0.3, 0.4) is 0 Å². The van der Waals surface area contributed by atoms with Gasteiger partial charge in [0.05, 0.1) is 5.69 Å². The molecule has 0 saturated heterocycles. The fourth-order valence-electron chi connectivity index (χ4n) is 3.28. The highest BCUT2D eigenvalue weighted by molar-refractivity contribution is 7.99. The summed E-state index contributed by atoms with van der Waals surface area (Å²) >= 11 is 3.58. The summed E-state index contributed by atoms with van der Waals surface area (Å²) in [4.78, 5) is 7.23. The molecular weight excluding hydrogens is 378 g/mol. The van der Waals surface area contributed by atoms with E-state index in [1.54, 1.807) is 11.8 Å². The molecule has 0 aliphatic carbocycles. The van der Waals surface area contributed by atoms with E-state index in [9.17, 15) is 0 Å². The zero-order chi connectivity index (χ0) is 18.8. The van der Waals surface area contributed by atoms with Gasteiger partial charge in [0, 0.05) is 41.7 Å². The normalized spacial score (nSPS) is 11.6. The molecule has 5 aromatic rings. The molecule has 5 rings (SSSR count). The van der Waals surface area contributed by atoms with E-state index >= 15 is 0 Å². The lowest BCUT2D eigenvalue weighted by atomic mass is 10.1. The summed E-state index contributed by atoms with van der Waals surface area (Å²) in [6.45, 7) is 0. The average molecular weight is 396 g/mol. The zero-order valence-electron chi connectivity index (χ0n) is 15.1. The minimum atomic E-state index is 0.995. The van der Waals surface area contributed by atoms with Crippen molar-refractivity contribution in [3.05, 3.63) is 103 Å². The van der Waals surface area contributed by atoms with Gasteiger partial charge in [-0.05, 0) is 30.3 Å². The van der Waals surface area contributed by atoms with E-state index in [1.807, 2.05) is 29.7 Å². The second-order valence-electron chi connectivity index (χ2n) is 6.46. The van der Waals surface area contributed by atoms with Crippen LogP contribution >= 0.6 is 23.1 Å². The Morgan fingerprint density at radius 2 is 1.43 bits per heavy atom. The number of aliphatic imine (C=N–C) groups is 1. The van der Waals surface area contributed by atoms with Crippen LogP contribution in [-0.4, -0.2) is 6.21 Å². The first-order valence-electron chi connectivity index (χ1n) is 9.15.